The first kappa shape index (κ1) is 13.6. The van der Waals surface area contributed by atoms with Crippen LogP contribution in [0.15, 0.2) is 46.9 Å². The number of aromatic nitrogens is 1. The van der Waals surface area contributed by atoms with Gasteiger partial charge in [0.15, 0.2) is 5.58 Å². The standard InChI is InChI=1S/C16H13ClN2O2/c1-10-6-7-11(8-13(10)18-15(20)9-17)16-19-12-4-2-3-5-14(12)21-16/h2-8H,9H2,1H3,(H,18,20). The van der Waals surface area contributed by atoms with Crippen LogP contribution in [-0.2, 0) is 4.79 Å². The van der Waals surface area contributed by atoms with E-state index >= 15 is 0 Å². The van der Waals surface area contributed by atoms with Gasteiger partial charge in [0.2, 0.25) is 11.8 Å². The molecule has 1 N–H and O–H groups in total. The minimum atomic E-state index is -0.241. The minimum absolute atomic E-state index is 0.0768. The molecule has 0 aliphatic rings. The molecule has 0 bridgehead atoms. The summed E-state index contributed by atoms with van der Waals surface area (Å²) >= 11 is 5.52. The van der Waals surface area contributed by atoms with Crippen molar-refractivity contribution in [2.24, 2.45) is 0 Å². The van der Waals surface area contributed by atoms with Crippen LogP contribution in [0.25, 0.3) is 22.6 Å². The normalized spacial score (nSPS) is 10.8. The van der Waals surface area contributed by atoms with Gasteiger partial charge in [0, 0.05) is 11.3 Å². The van der Waals surface area contributed by atoms with Crippen LogP contribution in [0.4, 0.5) is 5.69 Å². The summed E-state index contributed by atoms with van der Waals surface area (Å²) < 4.78 is 5.73. The van der Waals surface area contributed by atoms with E-state index in [-0.39, 0.29) is 11.8 Å². The third kappa shape index (κ3) is 2.76. The largest absolute Gasteiger partial charge is 0.436 e. The lowest BCUT2D eigenvalue weighted by Gasteiger charge is -2.08. The molecule has 0 saturated heterocycles. The first-order valence-electron chi connectivity index (χ1n) is 6.50. The van der Waals surface area contributed by atoms with Gasteiger partial charge in [0.25, 0.3) is 0 Å². The fraction of sp³-hybridized carbons (Fsp3) is 0.125. The van der Waals surface area contributed by atoms with Crippen LogP contribution >= 0.6 is 11.6 Å². The number of nitrogens with one attached hydrogen (secondary N) is 1. The number of aryl methyl sites for hydroxylation is 1. The number of carbonyl (C=O) groups excluding carboxylic acids is 1. The molecule has 3 rings (SSSR count). The SMILES string of the molecule is Cc1ccc(-c2nc3ccccc3o2)cc1NC(=O)CCl. The van der Waals surface area contributed by atoms with E-state index in [1.165, 1.54) is 0 Å². The monoisotopic (exact) mass is 300 g/mol. The highest BCUT2D eigenvalue weighted by Gasteiger charge is 2.10. The molecular weight excluding hydrogens is 288 g/mol. The van der Waals surface area contributed by atoms with E-state index in [2.05, 4.69) is 10.3 Å². The van der Waals surface area contributed by atoms with Gasteiger partial charge in [-0.1, -0.05) is 18.2 Å². The molecular formula is C16H13ClN2O2. The number of benzene rings is 2. The molecule has 0 atom stereocenters. The van der Waals surface area contributed by atoms with Gasteiger partial charge in [0.1, 0.15) is 11.4 Å². The highest BCUT2D eigenvalue weighted by atomic mass is 35.5. The number of carbonyl (C=O) groups is 1. The van der Waals surface area contributed by atoms with Crippen molar-refractivity contribution >= 4 is 34.3 Å². The molecule has 21 heavy (non-hydrogen) atoms. The van der Waals surface area contributed by atoms with E-state index in [9.17, 15) is 4.79 Å². The maximum Gasteiger partial charge on any atom is 0.239 e. The van der Waals surface area contributed by atoms with Crippen molar-refractivity contribution in [1.82, 2.24) is 4.98 Å². The van der Waals surface area contributed by atoms with Crippen molar-refractivity contribution in [2.75, 3.05) is 11.2 Å². The van der Waals surface area contributed by atoms with E-state index < -0.39 is 0 Å². The molecule has 1 aromatic heterocycles. The van der Waals surface area contributed by atoms with Gasteiger partial charge in [-0.2, -0.15) is 0 Å². The number of hydrogen-bond acceptors (Lipinski definition) is 3. The maximum atomic E-state index is 11.4. The smallest absolute Gasteiger partial charge is 0.239 e. The van der Waals surface area contributed by atoms with E-state index in [4.69, 9.17) is 16.0 Å². The lowest BCUT2D eigenvalue weighted by Crippen LogP contribution is -2.13. The fourth-order valence-corrected chi connectivity index (χ4v) is 2.14. The molecule has 0 fully saturated rings. The van der Waals surface area contributed by atoms with Crippen molar-refractivity contribution in [3.05, 3.63) is 48.0 Å². The van der Waals surface area contributed by atoms with Gasteiger partial charge in [0.05, 0.1) is 0 Å². The zero-order valence-corrected chi connectivity index (χ0v) is 12.1. The maximum absolute atomic E-state index is 11.4. The van der Waals surface area contributed by atoms with Gasteiger partial charge in [-0.3, -0.25) is 4.79 Å². The molecule has 0 radical (unpaired) electrons. The average Bonchev–Trinajstić information content (AvgIpc) is 2.93. The highest BCUT2D eigenvalue weighted by Crippen LogP contribution is 2.27. The lowest BCUT2D eigenvalue weighted by atomic mass is 10.1. The second-order valence-electron chi connectivity index (χ2n) is 4.70. The number of oxazole rings is 1. The summed E-state index contributed by atoms with van der Waals surface area (Å²) in [6.45, 7) is 1.92. The molecule has 4 nitrogen and oxygen atoms in total. The quantitative estimate of drug-likeness (QED) is 0.744. The number of anilines is 1. The van der Waals surface area contributed by atoms with Crippen LogP contribution in [0, 0.1) is 6.92 Å². The predicted octanol–water partition coefficient (Wildman–Crippen LogP) is 3.98. The Bertz CT molecular complexity index is 778. The third-order valence-electron chi connectivity index (χ3n) is 3.17. The summed E-state index contributed by atoms with van der Waals surface area (Å²) in [6, 6.07) is 13.2. The molecule has 106 valence electrons. The van der Waals surface area contributed by atoms with E-state index in [0.29, 0.717) is 11.6 Å². The molecule has 0 spiro atoms. The second kappa shape index (κ2) is 5.58. The van der Waals surface area contributed by atoms with Gasteiger partial charge in [-0.15, -0.1) is 11.6 Å². The Morgan fingerprint density at radius 3 is 2.86 bits per heavy atom. The molecule has 0 unspecified atom stereocenters. The Morgan fingerprint density at radius 1 is 1.29 bits per heavy atom. The van der Waals surface area contributed by atoms with E-state index in [1.54, 1.807) is 0 Å². The van der Waals surface area contributed by atoms with Crippen molar-refractivity contribution in [3.63, 3.8) is 0 Å². The van der Waals surface area contributed by atoms with Crippen molar-refractivity contribution in [1.29, 1.82) is 0 Å². The Balaban J connectivity index is 2.02. The summed E-state index contributed by atoms with van der Waals surface area (Å²) in [5, 5.41) is 2.76. The summed E-state index contributed by atoms with van der Waals surface area (Å²) in [7, 11) is 0. The Kier molecular flexibility index (Phi) is 3.62. The van der Waals surface area contributed by atoms with Crippen molar-refractivity contribution in [3.8, 4) is 11.5 Å². The van der Waals surface area contributed by atoms with Crippen LogP contribution in [0.5, 0.6) is 0 Å². The number of alkyl halides is 1. The number of hydrogen-bond donors (Lipinski definition) is 1. The van der Waals surface area contributed by atoms with Gasteiger partial charge < -0.3 is 9.73 Å². The first-order chi connectivity index (χ1) is 10.2. The molecule has 0 aliphatic heterocycles. The van der Waals surface area contributed by atoms with Gasteiger partial charge >= 0.3 is 0 Å². The molecule has 1 heterocycles. The molecule has 1 amide bonds. The molecule has 3 aromatic rings. The first-order valence-corrected chi connectivity index (χ1v) is 7.03. The van der Waals surface area contributed by atoms with Crippen LogP contribution in [0.2, 0.25) is 0 Å². The van der Waals surface area contributed by atoms with Crippen LogP contribution in [0.1, 0.15) is 5.56 Å². The Labute approximate surface area is 126 Å². The van der Waals surface area contributed by atoms with Crippen LogP contribution < -0.4 is 5.32 Å². The molecule has 0 saturated carbocycles. The third-order valence-corrected chi connectivity index (χ3v) is 3.42. The zero-order chi connectivity index (χ0) is 14.8. The summed E-state index contributed by atoms with van der Waals surface area (Å²) in [5.74, 6) is 0.207. The number of fused-ring (bicyclic) bond motifs is 1. The summed E-state index contributed by atoms with van der Waals surface area (Å²) in [4.78, 5) is 15.9. The number of rotatable bonds is 3. The Morgan fingerprint density at radius 2 is 2.10 bits per heavy atom. The lowest BCUT2D eigenvalue weighted by molar-refractivity contribution is -0.113. The second-order valence-corrected chi connectivity index (χ2v) is 4.97. The highest BCUT2D eigenvalue weighted by molar-refractivity contribution is 6.29. The van der Waals surface area contributed by atoms with Crippen LogP contribution in [0.3, 0.4) is 0 Å². The van der Waals surface area contributed by atoms with E-state index in [0.717, 1.165) is 22.2 Å². The van der Waals surface area contributed by atoms with Crippen molar-refractivity contribution in [2.45, 2.75) is 6.92 Å². The van der Waals surface area contributed by atoms with Gasteiger partial charge in [-0.25, -0.2) is 4.98 Å². The minimum Gasteiger partial charge on any atom is -0.436 e. The topological polar surface area (TPSA) is 55.1 Å². The number of nitrogens with zero attached hydrogens (tertiary/aromatic N) is 1. The zero-order valence-electron chi connectivity index (χ0n) is 11.4. The van der Waals surface area contributed by atoms with Crippen molar-refractivity contribution < 1.29 is 9.21 Å². The number of amides is 1. The van der Waals surface area contributed by atoms with Crippen LogP contribution in [-0.4, -0.2) is 16.8 Å². The fourth-order valence-electron chi connectivity index (χ4n) is 2.07. The number of halogens is 1. The van der Waals surface area contributed by atoms with Gasteiger partial charge in [-0.05, 0) is 36.8 Å². The number of para-hydroxylation sites is 2. The summed E-state index contributed by atoms with van der Waals surface area (Å²) in [6.07, 6.45) is 0. The molecule has 5 heteroatoms. The Hall–Kier alpha value is -2.33. The summed E-state index contributed by atoms with van der Waals surface area (Å²) in [5.41, 5.74) is 4.01. The predicted molar refractivity (Wildman–Crippen MR) is 83.5 cm³/mol. The average molecular weight is 301 g/mol. The molecule has 0 aliphatic carbocycles. The van der Waals surface area contributed by atoms with E-state index in [1.807, 2.05) is 49.4 Å². The molecule has 2 aromatic carbocycles.